The zero-order valence-corrected chi connectivity index (χ0v) is 15.0. The Labute approximate surface area is 156 Å². The van der Waals surface area contributed by atoms with Crippen LogP contribution in [0.4, 0.5) is 5.95 Å². The van der Waals surface area contributed by atoms with Crippen molar-refractivity contribution in [3.05, 3.63) is 42.2 Å². The average molecular weight is 372 g/mol. The molecule has 3 rings (SSSR count). The minimum absolute atomic E-state index is 0.103. The number of ether oxygens (including phenoxy) is 2. The Balaban J connectivity index is 1.85. The van der Waals surface area contributed by atoms with Gasteiger partial charge in [-0.25, -0.2) is 14.8 Å². The molecule has 1 N–H and O–H groups in total. The van der Waals surface area contributed by atoms with Gasteiger partial charge in [-0.15, -0.1) is 0 Å². The van der Waals surface area contributed by atoms with E-state index in [0.29, 0.717) is 29.6 Å². The fourth-order valence-electron chi connectivity index (χ4n) is 2.97. The number of hydrogen-bond acceptors (Lipinski definition) is 7. The van der Waals surface area contributed by atoms with Crippen LogP contribution < -0.4 is 14.4 Å². The van der Waals surface area contributed by atoms with Gasteiger partial charge in [-0.3, -0.25) is 4.79 Å². The third-order valence-corrected chi connectivity index (χ3v) is 4.36. The van der Waals surface area contributed by atoms with Crippen molar-refractivity contribution in [3.63, 3.8) is 0 Å². The van der Waals surface area contributed by atoms with Crippen LogP contribution in [0.3, 0.4) is 0 Å². The van der Waals surface area contributed by atoms with Gasteiger partial charge in [-0.05, 0) is 18.2 Å². The van der Waals surface area contributed by atoms with E-state index in [4.69, 9.17) is 9.47 Å². The van der Waals surface area contributed by atoms with Crippen LogP contribution >= 0.6 is 0 Å². The van der Waals surface area contributed by atoms with E-state index in [-0.39, 0.29) is 13.1 Å². The number of carboxylic acid groups (broad SMARTS) is 1. The van der Waals surface area contributed by atoms with Crippen LogP contribution in [0.1, 0.15) is 10.4 Å². The van der Waals surface area contributed by atoms with Gasteiger partial charge in [-0.1, -0.05) is 0 Å². The highest BCUT2D eigenvalue weighted by molar-refractivity contribution is 5.97. The number of rotatable bonds is 5. The second-order valence-electron chi connectivity index (χ2n) is 5.95. The minimum atomic E-state index is -1.08. The van der Waals surface area contributed by atoms with Gasteiger partial charge in [0.25, 0.3) is 5.91 Å². The van der Waals surface area contributed by atoms with Gasteiger partial charge in [0.2, 0.25) is 5.95 Å². The van der Waals surface area contributed by atoms with Crippen LogP contribution in [0.15, 0.2) is 36.7 Å². The van der Waals surface area contributed by atoms with E-state index in [0.717, 1.165) is 0 Å². The largest absolute Gasteiger partial charge is 0.497 e. The Bertz CT molecular complexity index is 808. The third-order valence-electron chi connectivity index (χ3n) is 4.36. The first kappa shape index (κ1) is 18.4. The summed E-state index contributed by atoms with van der Waals surface area (Å²) in [5.41, 5.74) is 0.307. The van der Waals surface area contributed by atoms with Crippen molar-refractivity contribution in [2.75, 3.05) is 38.8 Å². The molecule has 0 spiro atoms. The van der Waals surface area contributed by atoms with Gasteiger partial charge < -0.3 is 24.4 Å². The van der Waals surface area contributed by atoms with Crippen LogP contribution in [0.25, 0.3) is 0 Å². The number of aromatic nitrogens is 2. The number of nitrogens with zero attached hydrogens (tertiary/aromatic N) is 4. The summed E-state index contributed by atoms with van der Waals surface area (Å²) in [6.07, 6.45) is 3.19. The lowest BCUT2D eigenvalue weighted by molar-refractivity contribution is -0.142. The maximum absolute atomic E-state index is 13.0. The highest BCUT2D eigenvalue weighted by Crippen LogP contribution is 2.25. The number of benzene rings is 1. The number of anilines is 1. The van der Waals surface area contributed by atoms with E-state index < -0.39 is 17.9 Å². The van der Waals surface area contributed by atoms with Crippen molar-refractivity contribution in [2.45, 2.75) is 6.04 Å². The van der Waals surface area contributed by atoms with E-state index in [2.05, 4.69) is 9.97 Å². The fourth-order valence-corrected chi connectivity index (χ4v) is 2.97. The third kappa shape index (κ3) is 3.91. The minimum Gasteiger partial charge on any atom is -0.497 e. The summed E-state index contributed by atoms with van der Waals surface area (Å²) in [4.78, 5) is 36.2. The molecular formula is C18H20N4O5. The molecule has 1 amide bonds. The summed E-state index contributed by atoms with van der Waals surface area (Å²) in [6.45, 7) is 0.764. The summed E-state index contributed by atoms with van der Waals surface area (Å²) in [5, 5.41) is 9.66. The molecule has 9 heteroatoms. The standard InChI is InChI=1S/C18H20N4O5/c1-26-13-8-12(9-14(10-13)27-2)16(23)22-7-6-21(11-15(22)17(24)25)18-19-4-3-5-20-18/h3-5,8-10,15H,6-7,11H2,1-2H3,(H,24,25)/t15-/m0/s1. The molecular weight excluding hydrogens is 352 g/mol. The van der Waals surface area contributed by atoms with Crippen LogP contribution in [0, 0.1) is 0 Å². The number of piperazine rings is 1. The van der Waals surface area contributed by atoms with E-state index >= 15 is 0 Å². The van der Waals surface area contributed by atoms with Crippen molar-refractivity contribution in [2.24, 2.45) is 0 Å². The van der Waals surface area contributed by atoms with Crippen LogP contribution in [-0.4, -0.2) is 71.7 Å². The quantitative estimate of drug-likeness (QED) is 0.826. The first-order chi connectivity index (χ1) is 13.0. The monoisotopic (exact) mass is 372 g/mol. The number of hydrogen-bond donors (Lipinski definition) is 1. The topological polar surface area (TPSA) is 105 Å². The Morgan fingerprint density at radius 1 is 1.07 bits per heavy atom. The van der Waals surface area contributed by atoms with E-state index in [1.54, 1.807) is 41.6 Å². The predicted octanol–water partition coefficient (Wildman–Crippen LogP) is 0.909. The molecule has 0 unspecified atom stereocenters. The molecule has 1 aliphatic rings. The lowest BCUT2D eigenvalue weighted by Crippen LogP contribution is -2.58. The first-order valence-electron chi connectivity index (χ1n) is 8.32. The van der Waals surface area contributed by atoms with Crippen molar-refractivity contribution >= 4 is 17.8 Å². The van der Waals surface area contributed by atoms with Crippen LogP contribution in [0.2, 0.25) is 0 Å². The summed E-state index contributed by atoms with van der Waals surface area (Å²) in [5.74, 6) is -0.118. The van der Waals surface area contributed by atoms with Crippen molar-refractivity contribution < 1.29 is 24.2 Å². The summed E-state index contributed by atoms with van der Waals surface area (Å²) >= 11 is 0. The van der Waals surface area contributed by atoms with E-state index in [1.807, 2.05) is 0 Å². The molecule has 0 saturated carbocycles. The van der Waals surface area contributed by atoms with Gasteiger partial charge in [0.05, 0.1) is 20.8 Å². The molecule has 2 heterocycles. The fraction of sp³-hybridized carbons (Fsp3) is 0.333. The summed E-state index contributed by atoms with van der Waals surface area (Å²) in [7, 11) is 2.98. The van der Waals surface area contributed by atoms with Crippen LogP contribution in [-0.2, 0) is 4.79 Å². The highest BCUT2D eigenvalue weighted by Gasteiger charge is 2.36. The molecule has 142 valence electrons. The normalized spacial score (nSPS) is 16.7. The van der Waals surface area contributed by atoms with Gasteiger partial charge in [0, 0.05) is 37.1 Å². The predicted molar refractivity (Wildman–Crippen MR) is 96.3 cm³/mol. The molecule has 1 saturated heterocycles. The molecule has 1 fully saturated rings. The van der Waals surface area contributed by atoms with Crippen molar-refractivity contribution in [1.29, 1.82) is 0 Å². The molecule has 1 atom stereocenters. The molecule has 1 aliphatic heterocycles. The van der Waals surface area contributed by atoms with Crippen LogP contribution in [0.5, 0.6) is 11.5 Å². The van der Waals surface area contributed by atoms with Gasteiger partial charge in [0.15, 0.2) is 0 Å². The van der Waals surface area contributed by atoms with E-state index in [9.17, 15) is 14.7 Å². The number of carboxylic acids is 1. The second kappa shape index (κ2) is 7.90. The zero-order valence-electron chi connectivity index (χ0n) is 15.0. The maximum atomic E-state index is 13.0. The molecule has 0 bridgehead atoms. The van der Waals surface area contributed by atoms with Crippen molar-refractivity contribution in [3.8, 4) is 11.5 Å². The highest BCUT2D eigenvalue weighted by atomic mass is 16.5. The van der Waals surface area contributed by atoms with Gasteiger partial charge in [0.1, 0.15) is 17.5 Å². The summed E-state index contributed by atoms with van der Waals surface area (Å²) in [6, 6.07) is 5.45. The Hall–Kier alpha value is -3.36. The number of carbonyl (C=O) groups excluding carboxylic acids is 1. The second-order valence-corrected chi connectivity index (χ2v) is 5.95. The lowest BCUT2D eigenvalue weighted by Gasteiger charge is -2.39. The Kier molecular flexibility index (Phi) is 5.39. The smallest absolute Gasteiger partial charge is 0.328 e. The lowest BCUT2D eigenvalue weighted by atomic mass is 10.1. The molecule has 27 heavy (non-hydrogen) atoms. The molecule has 2 aromatic rings. The number of amides is 1. The summed E-state index contributed by atoms with van der Waals surface area (Å²) < 4.78 is 10.4. The molecule has 0 aliphatic carbocycles. The van der Waals surface area contributed by atoms with Crippen molar-refractivity contribution in [1.82, 2.24) is 14.9 Å². The Morgan fingerprint density at radius 2 is 1.70 bits per heavy atom. The molecule has 9 nitrogen and oxygen atoms in total. The Morgan fingerprint density at radius 3 is 2.26 bits per heavy atom. The molecule has 1 aromatic carbocycles. The number of carbonyl (C=O) groups is 2. The first-order valence-corrected chi connectivity index (χ1v) is 8.32. The zero-order chi connectivity index (χ0) is 19.4. The molecule has 1 aromatic heterocycles. The number of methoxy groups -OCH3 is 2. The maximum Gasteiger partial charge on any atom is 0.328 e. The number of aliphatic carboxylic acids is 1. The van der Waals surface area contributed by atoms with Gasteiger partial charge >= 0.3 is 5.97 Å². The van der Waals surface area contributed by atoms with E-state index in [1.165, 1.54) is 19.1 Å². The van der Waals surface area contributed by atoms with Gasteiger partial charge in [-0.2, -0.15) is 0 Å². The molecule has 0 radical (unpaired) electrons. The average Bonchev–Trinajstić information content (AvgIpc) is 2.72. The SMILES string of the molecule is COc1cc(OC)cc(C(=O)N2CCN(c3ncccn3)C[C@H]2C(=O)O)c1.